The molecule has 23 heavy (non-hydrogen) atoms. The Bertz CT molecular complexity index is 622. The van der Waals surface area contributed by atoms with Crippen LogP contribution in [0.1, 0.15) is 30.9 Å². The lowest BCUT2D eigenvalue weighted by Crippen LogP contribution is -2.37. The molecular weight excluding hydrogens is 307 g/mol. The topological polar surface area (TPSA) is 47.3 Å². The lowest BCUT2D eigenvalue weighted by Gasteiger charge is -2.23. The summed E-state index contributed by atoms with van der Waals surface area (Å²) >= 11 is 0. The van der Waals surface area contributed by atoms with Crippen LogP contribution in [0, 0.1) is 11.3 Å². The molecule has 0 aromatic heterocycles. The van der Waals surface area contributed by atoms with E-state index in [0.717, 1.165) is 18.9 Å². The molecule has 1 aliphatic rings. The highest BCUT2D eigenvalue weighted by atomic mass is 19.4. The fourth-order valence-corrected chi connectivity index (χ4v) is 2.71. The molecule has 7 heteroatoms. The van der Waals surface area contributed by atoms with Gasteiger partial charge in [-0.05, 0) is 31.0 Å². The minimum Gasteiger partial charge on any atom is -0.362 e. The molecule has 1 aromatic carbocycles. The van der Waals surface area contributed by atoms with Crippen molar-refractivity contribution in [3.63, 3.8) is 0 Å². The number of carbonyl (C=O) groups is 1. The van der Waals surface area contributed by atoms with Crippen molar-refractivity contribution in [3.05, 3.63) is 29.3 Å². The Morgan fingerprint density at radius 1 is 1.30 bits per heavy atom. The molecule has 2 rings (SSSR count). The summed E-state index contributed by atoms with van der Waals surface area (Å²) in [5.41, 5.74) is -0.893. The summed E-state index contributed by atoms with van der Waals surface area (Å²) in [6, 6.07) is 5.04. The number of hydrogen-bond donors (Lipinski definition) is 0. The molecule has 1 aliphatic heterocycles. The summed E-state index contributed by atoms with van der Waals surface area (Å²) in [5.74, 6) is -0.0391. The zero-order chi connectivity index (χ0) is 17.0. The quantitative estimate of drug-likeness (QED) is 0.858. The van der Waals surface area contributed by atoms with Gasteiger partial charge in [-0.2, -0.15) is 18.4 Å². The number of halogens is 3. The van der Waals surface area contributed by atoms with Crippen molar-refractivity contribution in [1.82, 2.24) is 4.90 Å². The van der Waals surface area contributed by atoms with Crippen LogP contribution in [0.3, 0.4) is 0 Å². The van der Waals surface area contributed by atoms with E-state index in [1.807, 2.05) is 6.92 Å². The summed E-state index contributed by atoms with van der Waals surface area (Å²) in [7, 11) is 0. The SMILES string of the molecule is CCCN1CCCN(c2ccc(C(F)(F)F)c(C#N)c2)CC1=O. The number of hydrogen-bond acceptors (Lipinski definition) is 3. The van der Waals surface area contributed by atoms with Gasteiger partial charge in [-0.15, -0.1) is 0 Å². The van der Waals surface area contributed by atoms with E-state index in [1.54, 1.807) is 15.9 Å². The third kappa shape index (κ3) is 3.95. The molecule has 0 spiro atoms. The van der Waals surface area contributed by atoms with Gasteiger partial charge in [0.05, 0.1) is 23.7 Å². The predicted molar refractivity (Wildman–Crippen MR) is 79.9 cm³/mol. The Hall–Kier alpha value is -2.23. The van der Waals surface area contributed by atoms with Crippen LogP contribution in [0.4, 0.5) is 18.9 Å². The number of nitriles is 1. The average molecular weight is 325 g/mol. The molecule has 0 radical (unpaired) electrons. The largest absolute Gasteiger partial charge is 0.417 e. The molecule has 1 fully saturated rings. The zero-order valence-electron chi connectivity index (χ0n) is 12.9. The van der Waals surface area contributed by atoms with Crippen molar-refractivity contribution >= 4 is 11.6 Å². The maximum Gasteiger partial charge on any atom is 0.417 e. The van der Waals surface area contributed by atoms with Crippen molar-refractivity contribution in [2.75, 3.05) is 31.1 Å². The van der Waals surface area contributed by atoms with Gasteiger partial charge in [0.1, 0.15) is 0 Å². The van der Waals surface area contributed by atoms with E-state index in [0.29, 0.717) is 25.3 Å². The normalized spacial score (nSPS) is 16.2. The highest BCUT2D eigenvalue weighted by Crippen LogP contribution is 2.33. The molecule has 0 saturated carbocycles. The van der Waals surface area contributed by atoms with Crippen LogP contribution in [-0.2, 0) is 11.0 Å². The van der Waals surface area contributed by atoms with Crippen LogP contribution in [-0.4, -0.2) is 37.0 Å². The van der Waals surface area contributed by atoms with Crippen molar-refractivity contribution in [2.45, 2.75) is 25.9 Å². The minimum atomic E-state index is -4.56. The van der Waals surface area contributed by atoms with Gasteiger partial charge in [0, 0.05) is 25.3 Å². The van der Waals surface area contributed by atoms with Gasteiger partial charge in [-0.25, -0.2) is 0 Å². The summed E-state index contributed by atoms with van der Waals surface area (Å²) in [4.78, 5) is 15.7. The summed E-state index contributed by atoms with van der Waals surface area (Å²) in [5, 5.41) is 8.98. The molecule has 4 nitrogen and oxygen atoms in total. The van der Waals surface area contributed by atoms with E-state index in [9.17, 15) is 18.0 Å². The molecule has 0 atom stereocenters. The smallest absolute Gasteiger partial charge is 0.362 e. The first-order chi connectivity index (χ1) is 10.9. The standard InChI is InChI=1S/C16H18F3N3O/c1-2-6-21-7-3-8-22(11-15(21)23)13-4-5-14(16(17,18)19)12(9-13)10-20/h4-5,9H,2-3,6-8,11H2,1H3. The first kappa shape index (κ1) is 17.1. The number of nitrogens with zero attached hydrogens (tertiary/aromatic N) is 3. The summed E-state index contributed by atoms with van der Waals surface area (Å²) in [6.07, 6.45) is -2.95. The fourth-order valence-electron chi connectivity index (χ4n) is 2.71. The Balaban J connectivity index is 2.25. The molecular formula is C16H18F3N3O. The number of anilines is 1. The van der Waals surface area contributed by atoms with E-state index in [-0.39, 0.29) is 12.5 Å². The Morgan fingerprint density at radius 3 is 2.65 bits per heavy atom. The van der Waals surface area contributed by atoms with Gasteiger partial charge >= 0.3 is 6.18 Å². The maximum absolute atomic E-state index is 12.8. The minimum absolute atomic E-state index is 0.0391. The van der Waals surface area contributed by atoms with Crippen LogP contribution in [0.2, 0.25) is 0 Å². The van der Waals surface area contributed by atoms with Crippen molar-refractivity contribution in [2.24, 2.45) is 0 Å². The Morgan fingerprint density at radius 2 is 2.04 bits per heavy atom. The van der Waals surface area contributed by atoms with E-state index < -0.39 is 17.3 Å². The summed E-state index contributed by atoms with van der Waals surface area (Å²) < 4.78 is 38.5. The molecule has 0 bridgehead atoms. The third-order valence-corrected chi connectivity index (χ3v) is 3.82. The Labute approximate surface area is 133 Å². The third-order valence-electron chi connectivity index (χ3n) is 3.82. The van der Waals surface area contributed by atoms with Crippen molar-refractivity contribution in [3.8, 4) is 6.07 Å². The van der Waals surface area contributed by atoms with Crippen LogP contribution >= 0.6 is 0 Å². The van der Waals surface area contributed by atoms with E-state index in [2.05, 4.69) is 0 Å². The second-order valence-electron chi connectivity index (χ2n) is 5.50. The molecule has 124 valence electrons. The molecule has 0 N–H and O–H groups in total. The van der Waals surface area contributed by atoms with Crippen LogP contribution < -0.4 is 4.90 Å². The summed E-state index contributed by atoms with van der Waals surface area (Å²) in [6.45, 7) is 4.02. The van der Waals surface area contributed by atoms with Gasteiger partial charge in [0.2, 0.25) is 5.91 Å². The monoisotopic (exact) mass is 325 g/mol. The van der Waals surface area contributed by atoms with Gasteiger partial charge < -0.3 is 9.80 Å². The van der Waals surface area contributed by atoms with Crippen LogP contribution in [0.25, 0.3) is 0 Å². The zero-order valence-corrected chi connectivity index (χ0v) is 12.9. The number of benzene rings is 1. The Kier molecular flexibility index (Phi) is 5.14. The van der Waals surface area contributed by atoms with Crippen molar-refractivity contribution < 1.29 is 18.0 Å². The number of amides is 1. The molecule has 0 unspecified atom stereocenters. The molecule has 1 saturated heterocycles. The number of rotatable bonds is 3. The predicted octanol–water partition coefficient (Wildman–Crippen LogP) is 3.03. The van der Waals surface area contributed by atoms with Crippen LogP contribution in [0.5, 0.6) is 0 Å². The first-order valence-electron chi connectivity index (χ1n) is 7.51. The average Bonchev–Trinajstić information content (AvgIpc) is 2.68. The van der Waals surface area contributed by atoms with E-state index in [4.69, 9.17) is 5.26 Å². The van der Waals surface area contributed by atoms with Crippen LogP contribution in [0.15, 0.2) is 18.2 Å². The highest BCUT2D eigenvalue weighted by Gasteiger charge is 2.34. The van der Waals surface area contributed by atoms with E-state index >= 15 is 0 Å². The van der Waals surface area contributed by atoms with Gasteiger partial charge in [0.15, 0.2) is 0 Å². The lowest BCUT2D eigenvalue weighted by molar-refractivity contribution is -0.137. The maximum atomic E-state index is 12.8. The molecule has 1 amide bonds. The van der Waals surface area contributed by atoms with E-state index in [1.165, 1.54) is 12.1 Å². The highest BCUT2D eigenvalue weighted by molar-refractivity contribution is 5.82. The second kappa shape index (κ2) is 6.90. The number of carbonyl (C=O) groups excluding carboxylic acids is 1. The molecule has 0 aliphatic carbocycles. The van der Waals surface area contributed by atoms with Gasteiger partial charge in [-0.3, -0.25) is 4.79 Å². The molecule has 1 heterocycles. The molecule has 1 aromatic rings. The van der Waals surface area contributed by atoms with Gasteiger partial charge in [0.25, 0.3) is 0 Å². The fraction of sp³-hybridized carbons (Fsp3) is 0.500. The number of alkyl halides is 3. The van der Waals surface area contributed by atoms with Crippen molar-refractivity contribution in [1.29, 1.82) is 5.26 Å². The van der Waals surface area contributed by atoms with Gasteiger partial charge in [-0.1, -0.05) is 6.92 Å². The lowest BCUT2D eigenvalue weighted by atomic mass is 10.1. The first-order valence-corrected chi connectivity index (χ1v) is 7.51. The second-order valence-corrected chi connectivity index (χ2v) is 5.50.